The van der Waals surface area contributed by atoms with Gasteiger partial charge in [-0.25, -0.2) is 22.8 Å². The summed E-state index contributed by atoms with van der Waals surface area (Å²) < 4.78 is 43.9. The average Bonchev–Trinajstić information content (AvgIpc) is 3.04. The molecule has 180 valence electrons. The number of hydrogen-bond acceptors (Lipinski definition) is 7. The number of rotatable bonds is 5. The van der Waals surface area contributed by atoms with E-state index in [-0.39, 0.29) is 16.2 Å². The molecule has 9 heteroatoms. The highest BCUT2D eigenvalue weighted by molar-refractivity contribution is 7.90. The van der Waals surface area contributed by atoms with Crippen LogP contribution < -0.4 is 10.2 Å². The fourth-order valence-electron chi connectivity index (χ4n) is 5.33. The lowest BCUT2D eigenvalue weighted by atomic mass is 9.69. The van der Waals surface area contributed by atoms with Gasteiger partial charge in [-0.05, 0) is 76.5 Å². The van der Waals surface area contributed by atoms with E-state index >= 15 is 0 Å². The molecular formula is C24H33FN4O3S. The van der Waals surface area contributed by atoms with Crippen LogP contribution in [0.4, 0.5) is 21.7 Å². The molecule has 1 aliphatic heterocycles. The molecule has 0 radical (unpaired) electrons. The van der Waals surface area contributed by atoms with Gasteiger partial charge in [0.15, 0.2) is 9.84 Å². The number of anilines is 3. The van der Waals surface area contributed by atoms with Crippen molar-refractivity contribution in [2.75, 3.05) is 30.1 Å². The third-order valence-electron chi connectivity index (χ3n) is 7.15. The SMILES string of the molecule is Cc1c(Nc2ccc(S(C)(=O)=O)cc2F)ncnc1N(C)C1CCC2(CC1)COC(C)(C)C2. The minimum atomic E-state index is -3.48. The van der Waals surface area contributed by atoms with Gasteiger partial charge in [-0.3, -0.25) is 0 Å². The Morgan fingerprint density at radius 1 is 1.21 bits per heavy atom. The summed E-state index contributed by atoms with van der Waals surface area (Å²) in [6, 6.07) is 4.19. The first-order valence-electron chi connectivity index (χ1n) is 11.3. The van der Waals surface area contributed by atoms with Crippen LogP contribution in [0.25, 0.3) is 0 Å². The number of hydrogen-bond donors (Lipinski definition) is 1. The molecule has 2 aromatic rings. The first-order valence-corrected chi connectivity index (χ1v) is 13.2. The van der Waals surface area contributed by atoms with E-state index in [0.717, 1.165) is 62.4 Å². The molecule has 2 heterocycles. The monoisotopic (exact) mass is 476 g/mol. The van der Waals surface area contributed by atoms with Crippen molar-refractivity contribution in [3.63, 3.8) is 0 Å². The highest BCUT2D eigenvalue weighted by Crippen LogP contribution is 2.49. The lowest BCUT2D eigenvalue weighted by Gasteiger charge is -2.41. The van der Waals surface area contributed by atoms with Gasteiger partial charge in [-0.15, -0.1) is 0 Å². The van der Waals surface area contributed by atoms with Crippen molar-refractivity contribution >= 4 is 27.2 Å². The minimum absolute atomic E-state index is 0.0304. The standard InChI is InChI=1S/C24H33FN4O3S/c1-16-21(28-20-7-6-18(12-19(20)25)33(5,30)31)26-15-27-22(16)29(4)17-8-10-24(11-9-17)13-23(2,3)32-14-24/h6-7,12,15,17H,8-11,13-14H2,1-5H3,(H,26,27,28). The molecule has 7 nitrogen and oxygen atoms in total. The van der Waals surface area contributed by atoms with Crippen LogP contribution in [0.5, 0.6) is 0 Å². The molecule has 1 aliphatic carbocycles. The summed E-state index contributed by atoms with van der Waals surface area (Å²) in [5, 5.41) is 3.00. The first kappa shape index (κ1) is 23.9. The van der Waals surface area contributed by atoms with Crippen molar-refractivity contribution in [1.29, 1.82) is 0 Å². The van der Waals surface area contributed by atoms with Gasteiger partial charge in [-0.1, -0.05) is 0 Å². The van der Waals surface area contributed by atoms with Crippen molar-refractivity contribution in [1.82, 2.24) is 9.97 Å². The molecule has 1 aromatic carbocycles. The van der Waals surface area contributed by atoms with E-state index < -0.39 is 15.7 Å². The maximum Gasteiger partial charge on any atom is 0.175 e. The molecule has 0 unspecified atom stereocenters. The van der Waals surface area contributed by atoms with Gasteiger partial charge in [0.2, 0.25) is 0 Å². The Morgan fingerprint density at radius 3 is 2.48 bits per heavy atom. The first-order chi connectivity index (χ1) is 15.4. The Morgan fingerprint density at radius 2 is 1.91 bits per heavy atom. The summed E-state index contributed by atoms with van der Waals surface area (Å²) in [6.45, 7) is 7.11. The second-order valence-electron chi connectivity index (χ2n) is 10.3. The molecule has 0 atom stereocenters. The predicted molar refractivity (Wildman–Crippen MR) is 127 cm³/mol. The number of nitrogens with one attached hydrogen (secondary N) is 1. The van der Waals surface area contributed by atoms with Gasteiger partial charge < -0.3 is 15.0 Å². The fraction of sp³-hybridized carbons (Fsp3) is 0.583. The molecule has 1 spiro atoms. The van der Waals surface area contributed by atoms with Crippen LogP contribution in [0.2, 0.25) is 0 Å². The van der Waals surface area contributed by atoms with Crippen molar-refractivity contribution in [2.24, 2.45) is 5.41 Å². The molecular weight excluding hydrogens is 443 g/mol. The lowest BCUT2D eigenvalue weighted by Crippen LogP contribution is -2.40. The predicted octanol–water partition coefficient (Wildman–Crippen LogP) is 4.64. The lowest BCUT2D eigenvalue weighted by molar-refractivity contribution is 0.0281. The van der Waals surface area contributed by atoms with Crippen LogP contribution in [-0.2, 0) is 14.6 Å². The molecule has 1 saturated heterocycles. The van der Waals surface area contributed by atoms with Gasteiger partial charge in [0.1, 0.15) is 23.8 Å². The normalized spacial score (nSPS) is 24.7. The average molecular weight is 477 g/mol. The molecule has 0 amide bonds. The summed E-state index contributed by atoms with van der Waals surface area (Å²) in [4.78, 5) is 11.0. The van der Waals surface area contributed by atoms with Crippen LogP contribution >= 0.6 is 0 Å². The maximum atomic E-state index is 14.6. The van der Waals surface area contributed by atoms with E-state index in [1.54, 1.807) is 0 Å². The van der Waals surface area contributed by atoms with E-state index in [1.807, 2.05) is 6.92 Å². The quantitative estimate of drug-likeness (QED) is 0.673. The van der Waals surface area contributed by atoms with Gasteiger partial charge in [0, 0.05) is 24.9 Å². The number of sulfone groups is 1. The molecule has 4 rings (SSSR count). The zero-order chi connectivity index (χ0) is 24.0. The van der Waals surface area contributed by atoms with Crippen molar-refractivity contribution in [3.05, 3.63) is 35.9 Å². The van der Waals surface area contributed by atoms with Gasteiger partial charge >= 0.3 is 0 Å². The Balaban J connectivity index is 1.48. The van der Waals surface area contributed by atoms with Gasteiger partial charge in [0.25, 0.3) is 0 Å². The molecule has 2 fully saturated rings. The molecule has 1 saturated carbocycles. The zero-order valence-corrected chi connectivity index (χ0v) is 20.8. The summed E-state index contributed by atoms with van der Waals surface area (Å²) in [6.07, 6.45) is 8.06. The smallest absolute Gasteiger partial charge is 0.175 e. The maximum absolute atomic E-state index is 14.6. The second-order valence-corrected chi connectivity index (χ2v) is 12.3. The molecule has 2 aliphatic rings. The van der Waals surface area contributed by atoms with Crippen LogP contribution in [0.1, 0.15) is 51.5 Å². The van der Waals surface area contributed by atoms with Crippen molar-refractivity contribution < 1.29 is 17.5 Å². The van der Waals surface area contributed by atoms with Gasteiger partial charge in [0.05, 0.1) is 22.8 Å². The third kappa shape index (κ3) is 4.99. The Bertz CT molecular complexity index is 1140. The minimum Gasteiger partial charge on any atom is -0.375 e. The Labute approximate surface area is 195 Å². The van der Waals surface area contributed by atoms with Crippen molar-refractivity contribution in [3.8, 4) is 0 Å². The third-order valence-corrected chi connectivity index (χ3v) is 8.26. The Hall–Kier alpha value is -2.26. The van der Waals surface area contributed by atoms with E-state index in [9.17, 15) is 12.8 Å². The van der Waals surface area contributed by atoms with E-state index in [1.165, 1.54) is 18.5 Å². The summed E-state index contributed by atoms with van der Waals surface area (Å²) >= 11 is 0. The number of ether oxygens (including phenoxy) is 1. The molecule has 33 heavy (non-hydrogen) atoms. The van der Waals surface area contributed by atoms with E-state index in [2.05, 4.69) is 41.1 Å². The van der Waals surface area contributed by atoms with E-state index in [4.69, 9.17) is 4.74 Å². The second kappa shape index (κ2) is 8.51. The van der Waals surface area contributed by atoms with Crippen molar-refractivity contribution in [2.45, 2.75) is 69.4 Å². The number of halogens is 1. The zero-order valence-electron chi connectivity index (χ0n) is 20.0. The molecule has 0 bridgehead atoms. The topological polar surface area (TPSA) is 84.4 Å². The number of nitrogens with zero attached hydrogens (tertiary/aromatic N) is 3. The summed E-state index contributed by atoms with van der Waals surface area (Å²) in [5.74, 6) is 0.658. The fourth-order valence-corrected chi connectivity index (χ4v) is 5.96. The van der Waals surface area contributed by atoms with Crippen LogP contribution in [-0.4, -0.2) is 49.9 Å². The number of benzene rings is 1. The molecule has 1 aromatic heterocycles. The van der Waals surface area contributed by atoms with Crippen LogP contribution in [0.15, 0.2) is 29.4 Å². The molecule has 1 N–H and O–H groups in total. The number of aromatic nitrogens is 2. The Kier molecular flexibility index (Phi) is 6.16. The van der Waals surface area contributed by atoms with Gasteiger partial charge in [-0.2, -0.15) is 0 Å². The summed E-state index contributed by atoms with van der Waals surface area (Å²) in [5.41, 5.74) is 1.25. The van der Waals surface area contributed by atoms with Crippen LogP contribution in [0.3, 0.4) is 0 Å². The van der Waals surface area contributed by atoms with Crippen LogP contribution in [0, 0.1) is 18.2 Å². The highest BCUT2D eigenvalue weighted by Gasteiger charge is 2.46. The largest absolute Gasteiger partial charge is 0.375 e. The van der Waals surface area contributed by atoms with E-state index in [0.29, 0.717) is 17.3 Å². The highest BCUT2D eigenvalue weighted by atomic mass is 32.2. The summed E-state index contributed by atoms with van der Waals surface area (Å²) in [7, 11) is -1.42.